The Hall–Kier alpha value is -2.19. The number of carbonyl (C=O) groups is 3. The second kappa shape index (κ2) is 8.95. The Morgan fingerprint density at radius 1 is 1.38 bits per heavy atom. The number of carbonyl (C=O) groups excluding carboxylic acids is 3. The molecule has 1 aliphatic rings. The lowest BCUT2D eigenvalue weighted by atomic mass is 10.2. The fourth-order valence-electron chi connectivity index (χ4n) is 2.03. The van der Waals surface area contributed by atoms with E-state index >= 15 is 0 Å². The third kappa shape index (κ3) is 4.50. The Kier molecular flexibility index (Phi) is 6.93. The fourth-order valence-corrected chi connectivity index (χ4v) is 3.65. The van der Waals surface area contributed by atoms with Crippen LogP contribution in [0.15, 0.2) is 17.0 Å². The first-order valence-electron chi connectivity index (χ1n) is 7.17. The molecule has 0 N–H and O–H groups in total. The van der Waals surface area contributed by atoms with Crippen LogP contribution in [0, 0.1) is 15.9 Å². The monoisotopic (exact) mass is 487 g/mol. The summed E-state index contributed by atoms with van der Waals surface area (Å²) in [6.45, 7) is -0.323. The van der Waals surface area contributed by atoms with Gasteiger partial charge in [-0.3, -0.25) is 14.5 Å². The summed E-state index contributed by atoms with van der Waals surface area (Å²) in [5.74, 6) is 2.10. The second-order valence-corrected chi connectivity index (χ2v) is 7.03. The van der Waals surface area contributed by atoms with Crippen molar-refractivity contribution < 1.29 is 28.6 Å². The number of benzene rings is 1. The summed E-state index contributed by atoms with van der Waals surface area (Å²) in [6, 6.07) is 3.38. The molecule has 136 valence electrons. The van der Waals surface area contributed by atoms with Crippen molar-refractivity contribution in [1.82, 2.24) is 4.90 Å². The van der Waals surface area contributed by atoms with Crippen molar-refractivity contribution in [3.05, 3.63) is 26.2 Å². The van der Waals surface area contributed by atoms with E-state index in [9.17, 15) is 14.4 Å². The number of thioether (sulfide) groups is 1. The van der Waals surface area contributed by atoms with Gasteiger partial charge in [0, 0.05) is 0 Å². The van der Waals surface area contributed by atoms with Gasteiger partial charge in [-0.25, -0.2) is 4.79 Å². The Labute approximate surface area is 168 Å². The quantitative estimate of drug-likeness (QED) is 0.264. The van der Waals surface area contributed by atoms with Crippen LogP contribution in [0.4, 0.5) is 4.79 Å². The van der Waals surface area contributed by atoms with Gasteiger partial charge in [0.05, 0.1) is 29.2 Å². The van der Waals surface area contributed by atoms with Crippen LogP contribution in [-0.4, -0.2) is 49.4 Å². The Morgan fingerprint density at radius 2 is 2.12 bits per heavy atom. The highest BCUT2D eigenvalue weighted by molar-refractivity contribution is 14.1. The molecule has 1 aromatic rings. The van der Waals surface area contributed by atoms with Crippen LogP contribution >= 0.6 is 34.4 Å². The zero-order valence-corrected chi connectivity index (χ0v) is 16.9. The van der Waals surface area contributed by atoms with Crippen LogP contribution in [0.1, 0.15) is 5.56 Å². The first-order valence-corrected chi connectivity index (χ1v) is 9.06. The number of methoxy groups -OCH3 is 2. The average molecular weight is 487 g/mol. The first kappa shape index (κ1) is 20.1. The first-order chi connectivity index (χ1) is 12.4. The molecule has 1 aliphatic heterocycles. The van der Waals surface area contributed by atoms with Gasteiger partial charge in [-0.1, -0.05) is 5.92 Å². The number of amides is 2. The summed E-state index contributed by atoms with van der Waals surface area (Å²) >= 11 is 2.85. The van der Waals surface area contributed by atoms with Gasteiger partial charge in [0.1, 0.15) is 0 Å². The van der Waals surface area contributed by atoms with Crippen LogP contribution in [0.2, 0.25) is 0 Å². The van der Waals surface area contributed by atoms with Gasteiger partial charge >= 0.3 is 5.97 Å². The predicted octanol–water partition coefficient (Wildman–Crippen LogP) is 2.52. The van der Waals surface area contributed by atoms with Crippen molar-refractivity contribution >= 4 is 57.5 Å². The summed E-state index contributed by atoms with van der Waals surface area (Å²) in [4.78, 5) is 36.6. The molecular weight excluding hydrogens is 473 g/mol. The number of hydrogen-bond acceptors (Lipinski definition) is 7. The van der Waals surface area contributed by atoms with Crippen LogP contribution < -0.4 is 9.47 Å². The average Bonchev–Trinajstić information content (AvgIpc) is 2.87. The highest BCUT2D eigenvalue weighted by Crippen LogP contribution is 2.37. The molecule has 2 amide bonds. The molecule has 0 spiro atoms. The van der Waals surface area contributed by atoms with Crippen molar-refractivity contribution in [2.75, 3.05) is 27.4 Å². The number of rotatable bonds is 6. The highest BCUT2D eigenvalue weighted by atomic mass is 127. The number of esters is 1. The summed E-state index contributed by atoms with van der Waals surface area (Å²) in [7, 11) is 2.73. The van der Waals surface area contributed by atoms with E-state index in [-0.39, 0.29) is 18.1 Å². The Morgan fingerprint density at radius 3 is 2.73 bits per heavy atom. The minimum absolute atomic E-state index is 0.0663. The van der Waals surface area contributed by atoms with Gasteiger partial charge in [-0.2, -0.15) is 0 Å². The topological polar surface area (TPSA) is 82.1 Å². The molecule has 0 radical (unpaired) electrons. The van der Waals surface area contributed by atoms with Gasteiger partial charge in [-0.15, -0.1) is 6.42 Å². The van der Waals surface area contributed by atoms with E-state index < -0.39 is 17.1 Å². The Balaban J connectivity index is 2.30. The normalized spacial score (nSPS) is 15.2. The number of terminal acetylenes is 1. The largest absolute Gasteiger partial charge is 0.493 e. The van der Waals surface area contributed by atoms with E-state index in [2.05, 4.69) is 10.7 Å². The molecule has 26 heavy (non-hydrogen) atoms. The fraction of sp³-hybridized carbons (Fsp3) is 0.235. The molecule has 0 bridgehead atoms. The zero-order valence-electron chi connectivity index (χ0n) is 13.9. The molecule has 1 saturated heterocycles. The molecule has 0 saturated carbocycles. The van der Waals surface area contributed by atoms with E-state index in [4.69, 9.17) is 15.9 Å². The van der Waals surface area contributed by atoms with Crippen molar-refractivity contribution in [2.45, 2.75) is 0 Å². The summed E-state index contributed by atoms with van der Waals surface area (Å²) < 4.78 is 15.9. The van der Waals surface area contributed by atoms with Gasteiger partial charge in [0.2, 0.25) is 0 Å². The van der Waals surface area contributed by atoms with Gasteiger partial charge < -0.3 is 14.2 Å². The maximum absolute atomic E-state index is 12.2. The molecule has 9 heteroatoms. The lowest BCUT2D eigenvalue weighted by molar-refractivity contribution is -0.143. The Bertz CT molecular complexity index is 829. The lowest BCUT2D eigenvalue weighted by Gasteiger charge is -2.13. The van der Waals surface area contributed by atoms with Crippen LogP contribution in [0.3, 0.4) is 0 Å². The third-order valence-electron chi connectivity index (χ3n) is 3.23. The van der Waals surface area contributed by atoms with Crippen LogP contribution in [0.5, 0.6) is 11.5 Å². The van der Waals surface area contributed by atoms with Crippen molar-refractivity contribution in [3.63, 3.8) is 0 Å². The van der Waals surface area contributed by atoms with Crippen molar-refractivity contribution in [3.8, 4) is 23.8 Å². The molecule has 0 aliphatic carbocycles. The van der Waals surface area contributed by atoms with E-state index in [1.54, 1.807) is 18.2 Å². The maximum atomic E-state index is 12.2. The number of halogens is 1. The zero-order chi connectivity index (χ0) is 19.3. The number of nitrogens with zero attached hydrogens (tertiary/aromatic N) is 1. The third-order valence-corrected chi connectivity index (χ3v) is 4.94. The van der Waals surface area contributed by atoms with Crippen LogP contribution in [0.25, 0.3) is 6.08 Å². The molecule has 1 fully saturated rings. The van der Waals surface area contributed by atoms with E-state index in [0.29, 0.717) is 20.6 Å². The molecule has 0 aromatic heterocycles. The second-order valence-electron chi connectivity index (χ2n) is 4.87. The molecule has 1 aromatic carbocycles. The molecule has 0 unspecified atom stereocenters. The summed E-state index contributed by atoms with van der Waals surface area (Å²) in [5, 5.41) is -0.404. The molecule has 2 rings (SSSR count). The van der Waals surface area contributed by atoms with Crippen LogP contribution in [-0.2, 0) is 14.3 Å². The molecule has 1 heterocycles. The number of hydrogen-bond donors (Lipinski definition) is 0. The predicted molar refractivity (Wildman–Crippen MR) is 105 cm³/mol. The molecule has 7 nitrogen and oxygen atoms in total. The molecule has 0 atom stereocenters. The SMILES string of the molecule is C#CCN1C(=O)SC(=Cc2cc(I)c(OCC(=O)OC)c(OC)c2)C1=O. The van der Waals surface area contributed by atoms with E-state index in [1.807, 2.05) is 22.6 Å². The highest BCUT2D eigenvalue weighted by Gasteiger charge is 2.34. The number of imide groups is 1. The smallest absolute Gasteiger partial charge is 0.343 e. The van der Waals surface area contributed by atoms with Crippen molar-refractivity contribution in [1.29, 1.82) is 0 Å². The minimum atomic E-state index is -0.519. The van der Waals surface area contributed by atoms with Crippen molar-refractivity contribution in [2.24, 2.45) is 0 Å². The minimum Gasteiger partial charge on any atom is -0.493 e. The standard InChI is InChI=1S/C17H14INO6S/c1-4-5-19-16(21)13(26-17(19)22)8-10-6-11(18)15(12(7-10)23-2)25-9-14(20)24-3/h1,6-8H,5,9H2,2-3H3. The number of ether oxygens (including phenoxy) is 3. The van der Waals surface area contributed by atoms with E-state index in [0.717, 1.165) is 16.7 Å². The summed E-state index contributed by atoms with van der Waals surface area (Å²) in [6.07, 6.45) is 6.76. The maximum Gasteiger partial charge on any atom is 0.343 e. The summed E-state index contributed by atoms with van der Waals surface area (Å²) in [5.41, 5.74) is 0.642. The lowest BCUT2D eigenvalue weighted by Crippen LogP contribution is -2.28. The van der Waals surface area contributed by atoms with E-state index in [1.165, 1.54) is 14.2 Å². The van der Waals surface area contributed by atoms with Gasteiger partial charge in [0.15, 0.2) is 18.1 Å². The molecular formula is C17H14INO6S. The van der Waals surface area contributed by atoms with Gasteiger partial charge in [0.25, 0.3) is 11.1 Å². The van der Waals surface area contributed by atoms with Gasteiger partial charge in [-0.05, 0) is 58.1 Å².